The third kappa shape index (κ3) is 4.69. The minimum Gasteiger partial charge on any atom is -0.493 e. The van der Waals surface area contributed by atoms with Crippen LogP contribution in [0.2, 0.25) is 5.02 Å². The van der Waals surface area contributed by atoms with E-state index in [9.17, 15) is 8.42 Å². The molecule has 0 amide bonds. The van der Waals surface area contributed by atoms with E-state index in [0.717, 1.165) is 5.56 Å². The third-order valence-electron chi connectivity index (χ3n) is 4.98. The second-order valence-corrected chi connectivity index (χ2v) is 9.14. The third-order valence-corrected chi connectivity index (χ3v) is 6.87. The van der Waals surface area contributed by atoms with Crippen molar-refractivity contribution in [1.82, 2.24) is 4.98 Å². The maximum atomic E-state index is 13.1. The van der Waals surface area contributed by atoms with Crippen LogP contribution in [0.15, 0.2) is 64.1 Å². The second-order valence-electron chi connectivity index (χ2n) is 7.09. The zero-order valence-electron chi connectivity index (χ0n) is 18.1. The summed E-state index contributed by atoms with van der Waals surface area (Å²) in [4.78, 5) is 4.44. The summed E-state index contributed by atoms with van der Waals surface area (Å²) < 4.78 is 50.7. The molecule has 33 heavy (non-hydrogen) atoms. The Labute approximate surface area is 196 Å². The number of furan rings is 1. The van der Waals surface area contributed by atoms with Crippen molar-refractivity contribution in [1.29, 1.82) is 0 Å². The van der Waals surface area contributed by atoms with Gasteiger partial charge in [-0.3, -0.25) is 4.72 Å². The lowest BCUT2D eigenvalue weighted by Crippen LogP contribution is -2.16. The van der Waals surface area contributed by atoms with E-state index in [4.69, 9.17) is 30.2 Å². The van der Waals surface area contributed by atoms with Crippen molar-refractivity contribution in [2.24, 2.45) is 0 Å². The van der Waals surface area contributed by atoms with E-state index in [0.29, 0.717) is 33.2 Å². The number of nitrogens with one attached hydrogen (secondary N) is 1. The quantitative estimate of drug-likeness (QED) is 0.364. The van der Waals surface area contributed by atoms with E-state index in [2.05, 4.69) is 9.71 Å². The summed E-state index contributed by atoms with van der Waals surface area (Å²) in [7, 11) is -0.890. The number of ether oxygens (including phenoxy) is 3. The summed E-state index contributed by atoms with van der Waals surface area (Å²) in [5, 5.41) is 0.348. The zero-order chi connectivity index (χ0) is 23.6. The number of anilines is 1. The Kier molecular flexibility index (Phi) is 6.35. The van der Waals surface area contributed by atoms with Gasteiger partial charge in [0.1, 0.15) is 12.1 Å². The Morgan fingerprint density at radius 2 is 1.82 bits per heavy atom. The Morgan fingerprint density at radius 3 is 2.58 bits per heavy atom. The van der Waals surface area contributed by atoms with Crippen LogP contribution in [-0.4, -0.2) is 27.6 Å². The number of aromatic nitrogens is 1. The monoisotopic (exact) mass is 488 g/mol. The number of benzene rings is 2. The number of pyridine rings is 1. The molecule has 0 bridgehead atoms. The first-order chi connectivity index (χ1) is 15.8. The van der Waals surface area contributed by atoms with Gasteiger partial charge in [-0.1, -0.05) is 23.7 Å². The Bertz CT molecular complexity index is 1420. The molecule has 0 atom stereocenters. The molecule has 0 unspecified atom stereocenters. The van der Waals surface area contributed by atoms with E-state index in [1.807, 2.05) is 6.07 Å². The minimum atomic E-state index is -3.99. The number of fused-ring (bicyclic) bond motifs is 1. The SMILES string of the molecule is COc1ccc(COc2cc3occc3nc2NS(=O)(=O)c2cccc(Cl)c2C)cc1OC. The summed E-state index contributed by atoms with van der Waals surface area (Å²) in [6.07, 6.45) is 1.47. The standard InChI is InChI=1S/C23H21ClN2O6S/c1-14-16(24)5-4-6-22(14)33(27,28)26-23-21(12-19-17(25-23)9-10-31-19)32-13-15-7-8-18(29-2)20(11-15)30-3/h4-12H,13H2,1-3H3,(H,25,26). The lowest BCUT2D eigenvalue weighted by molar-refractivity contribution is 0.304. The highest BCUT2D eigenvalue weighted by Gasteiger charge is 2.22. The van der Waals surface area contributed by atoms with Gasteiger partial charge in [-0.2, -0.15) is 0 Å². The van der Waals surface area contributed by atoms with Gasteiger partial charge in [0.25, 0.3) is 10.0 Å². The molecule has 4 rings (SSSR count). The lowest BCUT2D eigenvalue weighted by Gasteiger charge is -2.15. The van der Waals surface area contributed by atoms with E-state index in [1.54, 1.807) is 57.5 Å². The first kappa shape index (κ1) is 22.8. The fourth-order valence-corrected chi connectivity index (χ4v) is 4.77. The predicted octanol–water partition coefficient (Wildman–Crippen LogP) is 5.19. The number of hydrogen-bond acceptors (Lipinski definition) is 7. The molecule has 172 valence electrons. The smallest absolute Gasteiger partial charge is 0.263 e. The highest BCUT2D eigenvalue weighted by atomic mass is 35.5. The molecule has 2 aromatic heterocycles. The van der Waals surface area contributed by atoms with Crippen molar-refractivity contribution in [3.05, 3.63) is 70.9 Å². The van der Waals surface area contributed by atoms with Crippen LogP contribution in [0.3, 0.4) is 0 Å². The molecule has 0 aliphatic carbocycles. The van der Waals surface area contributed by atoms with Crippen molar-refractivity contribution >= 4 is 38.5 Å². The van der Waals surface area contributed by atoms with E-state index < -0.39 is 10.0 Å². The molecule has 0 saturated heterocycles. The average molecular weight is 489 g/mol. The van der Waals surface area contributed by atoms with Gasteiger partial charge in [0.2, 0.25) is 0 Å². The molecule has 2 heterocycles. The van der Waals surface area contributed by atoms with Crippen LogP contribution in [0.5, 0.6) is 17.2 Å². The fourth-order valence-electron chi connectivity index (χ4n) is 3.25. The Hall–Kier alpha value is -3.43. The van der Waals surface area contributed by atoms with Crippen LogP contribution in [-0.2, 0) is 16.6 Å². The number of halogens is 1. The zero-order valence-corrected chi connectivity index (χ0v) is 19.7. The lowest BCUT2D eigenvalue weighted by atomic mass is 10.2. The van der Waals surface area contributed by atoms with Gasteiger partial charge >= 0.3 is 0 Å². The van der Waals surface area contributed by atoms with Crippen molar-refractivity contribution in [3.8, 4) is 17.2 Å². The van der Waals surface area contributed by atoms with E-state index >= 15 is 0 Å². The van der Waals surface area contributed by atoms with Gasteiger partial charge in [-0.15, -0.1) is 0 Å². The molecule has 8 nitrogen and oxygen atoms in total. The molecule has 0 spiro atoms. The predicted molar refractivity (Wildman–Crippen MR) is 125 cm³/mol. The average Bonchev–Trinajstić information content (AvgIpc) is 3.25. The van der Waals surface area contributed by atoms with E-state index in [1.165, 1.54) is 12.3 Å². The number of methoxy groups -OCH3 is 2. The second kappa shape index (κ2) is 9.21. The Balaban J connectivity index is 1.67. The molecular weight excluding hydrogens is 468 g/mol. The van der Waals surface area contributed by atoms with Gasteiger partial charge in [-0.05, 0) is 42.3 Å². The summed E-state index contributed by atoms with van der Waals surface area (Å²) in [6.45, 7) is 1.76. The summed E-state index contributed by atoms with van der Waals surface area (Å²) in [5.41, 5.74) is 2.16. The number of sulfonamides is 1. The maximum absolute atomic E-state index is 13.1. The highest BCUT2D eigenvalue weighted by Crippen LogP contribution is 2.33. The van der Waals surface area contributed by atoms with Gasteiger partial charge in [0.05, 0.1) is 25.4 Å². The molecule has 2 aromatic carbocycles. The maximum Gasteiger partial charge on any atom is 0.263 e. The van der Waals surface area contributed by atoms with Crippen LogP contribution in [0.1, 0.15) is 11.1 Å². The summed E-state index contributed by atoms with van der Waals surface area (Å²) in [5.74, 6) is 1.38. The van der Waals surface area contributed by atoms with Gasteiger partial charge < -0.3 is 18.6 Å². The van der Waals surface area contributed by atoms with Crippen LogP contribution in [0.25, 0.3) is 11.1 Å². The molecular formula is C23H21ClN2O6S. The van der Waals surface area contributed by atoms with Crippen LogP contribution in [0.4, 0.5) is 5.82 Å². The normalized spacial score (nSPS) is 11.4. The van der Waals surface area contributed by atoms with Crippen molar-refractivity contribution in [2.75, 3.05) is 18.9 Å². The van der Waals surface area contributed by atoms with Crippen molar-refractivity contribution < 1.29 is 27.0 Å². The number of hydrogen-bond donors (Lipinski definition) is 1. The number of rotatable bonds is 8. The molecule has 1 N–H and O–H groups in total. The molecule has 4 aromatic rings. The van der Waals surface area contributed by atoms with E-state index in [-0.39, 0.29) is 23.1 Å². The molecule has 0 fully saturated rings. The van der Waals surface area contributed by atoms with Crippen LogP contribution >= 0.6 is 11.6 Å². The van der Waals surface area contributed by atoms with Gasteiger partial charge in [-0.25, -0.2) is 13.4 Å². The highest BCUT2D eigenvalue weighted by molar-refractivity contribution is 7.92. The summed E-state index contributed by atoms with van der Waals surface area (Å²) in [6, 6.07) is 13.3. The Morgan fingerprint density at radius 1 is 1.03 bits per heavy atom. The van der Waals surface area contributed by atoms with Crippen LogP contribution in [0, 0.1) is 6.92 Å². The van der Waals surface area contributed by atoms with Crippen molar-refractivity contribution in [2.45, 2.75) is 18.4 Å². The first-order valence-corrected chi connectivity index (χ1v) is 11.7. The topological polar surface area (TPSA) is 99.9 Å². The fraction of sp³-hybridized carbons (Fsp3) is 0.174. The largest absolute Gasteiger partial charge is 0.493 e. The van der Waals surface area contributed by atoms with Crippen LogP contribution < -0.4 is 18.9 Å². The minimum absolute atomic E-state index is 0.0313. The molecule has 0 saturated carbocycles. The molecule has 10 heteroatoms. The molecule has 0 radical (unpaired) electrons. The van der Waals surface area contributed by atoms with Gasteiger partial charge in [0.15, 0.2) is 28.6 Å². The number of nitrogens with zero attached hydrogens (tertiary/aromatic N) is 1. The first-order valence-electron chi connectivity index (χ1n) is 9.82. The van der Waals surface area contributed by atoms with Crippen molar-refractivity contribution in [3.63, 3.8) is 0 Å². The molecule has 0 aliphatic heterocycles. The van der Waals surface area contributed by atoms with Gasteiger partial charge in [0, 0.05) is 17.2 Å². The summed E-state index contributed by atoms with van der Waals surface area (Å²) >= 11 is 6.12. The molecule has 0 aliphatic rings.